The second-order valence-electron chi connectivity index (χ2n) is 7.46. The van der Waals surface area contributed by atoms with Crippen molar-refractivity contribution in [2.24, 2.45) is 0 Å². The van der Waals surface area contributed by atoms with Crippen LogP contribution in [0.2, 0.25) is 0 Å². The topological polar surface area (TPSA) is 73.5 Å². The summed E-state index contributed by atoms with van der Waals surface area (Å²) in [7, 11) is 0. The predicted octanol–water partition coefficient (Wildman–Crippen LogP) is 2.57. The fraction of sp³-hybridized carbons (Fsp3) is 0.364. The van der Waals surface area contributed by atoms with Crippen LogP contribution in [-0.2, 0) is 30.7 Å². The van der Waals surface area contributed by atoms with Gasteiger partial charge in [0.1, 0.15) is 5.82 Å². The maximum atomic E-state index is 14.6. The van der Waals surface area contributed by atoms with Crippen LogP contribution in [-0.4, -0.2) is 36.5 Å². The standard InChI is InChI=1S/C22H25FN4O2/c23-21-18-7-10-24-13-16(18)5-6-19(21)26-20(28)8-11-25-22(29)27-12-9-15-3-1-2-4-17(15)14-27/h1-6,24H,7-14H2,(H,25,29)(H,26,28). The van der Waals surface area contributed by atoms with Gasteiger partial charge in [0.05, 0.1) is 5.69 Å². The molecule has 152 valence electrons. The molecule has 3 amide bonds. The van der Waals surface area contributed by atoms with E-state index in [9.17, 15) is 14.0 Å². The fourth-order valence-corrected chi connectivity index (χ4v) is 3.91. The van der Waals surface area contributed by atoms with Gasteiger partial charge in [0.15, 0.2) is 0 Å². The van der Waals surface area contributed by atoms with Gasteiger partial charge in [0.2, 0.25) is 5.91 Å². The van der Waals surface area contributed by atoms with Crippen LogP contribution in [0.4, 0.5) is 14.9 Å². The Morgan fingerprint density at radius 3 is 2.76 bits per heavy atom. The number of nitrogens with one attached hydrogen (secondary N) is 3. The molecule has 2 aromatic carbocycles. The average molecular weight is 396 g/mol. The summed E-state index contributed by atoms with van der Waals surface area (Å²) in [6.07, 6.45) is 1.53. The maximum absolute atomic E-state index is 14.6. The Hall–Kier alpha value is -2.93. The molecule has 29 heavy (non-hydrogen) atoms. The second kappa shape index (κ2) is 8.61. The lowest BCUT2D eigenvalue weighted by molar-refractivity contribution is -0.116. The summed E-state index contributed by atoms with van der Waals surface area (Å²) < 4.78 is 14.6. The summed E-state index contributed by atoms with van der Waals surface area (Å²) in [5.74, 6) is -0.671. The Balaban J connectivity index is 1.26. The molecular weight excluding hydrogens is 371 g/mol. The molecule has 2 aromatic rings. The zero-order chi connectivity index (χ0) is 20.2. The Morgan fingerprint density at radius 2 is 1.90 bits per heavy atom. The zero-order valence-corrected chi connectivity index (χ0v) is 16.3. The van der Waals surface area contributed by atoms with Gasteiger partial charge in [-0.15, -0.1) is 0 Å². The van der Waals surface area contributed by atoms with Gasteiger partial charge < -0.3 is 20.9 Å². The Labute approximate surface area is 169 Å². The number of carbonyl (C=O) groups is 2. The first-order chi connectivity index (χ1) is 14.1. The molecule has 0 saturated carbocycles. The van der Waals surface area contributed by atoms with Crippen molar-refractivity contribution in [3.63, 3.8) is 0 Å². The number of halogens is 1. The Morgan fingerprint density at radius 1 is 1.07 bits per heavy atom. The molecule has 7 heteroatoms. The molecule has 0 aliphatic carbocycles. The van der Waals surface area contributed by atoms with Crippen LogP contribution >= 0.6 is 0 Å². The normalized spacial score (nSPS) is 15.3. The zero-order valence-electron chi connectivity index (χ0n) is 16.3. The summed E-state index contributed by atoms with van der Waals surface area (Å²) >= 11 is 0. The first-order valence-electron chi connectivity index (χ1n) is 10.0. The smallest absolute Gasteiger partial charge is 0.317 e. The van der Waals surface area contributed by atoms with E-state index in [0.29, 0.717) is 31.6 Å². The van der Waals surface area contributed by atoms with Crippen molar-refractivity contribution in [3.8, 4) is 0 Å². The van der Waals surface area contributed by atoms with Crippen LogP contribution < -0.4 is 16.0 Å². The average Bonchev–Trinajstić information content (AvgIpc) is 2.75. The van der Waals surface area contributed by atoms with Crippen molar-refractivity contribution in [1.29, 1.82) is 0 Å². The number of benzene rings is 2. The maximum Gasteiger partial charge on any atom is 0.317 e. The summed E-state index contributed by atoms with van der Waals surface area (Å²) in [4.78, 5) is 26.3. The predicted molar refractivity (Wildman–Crippen MR) is 109 cm³/mol. The highest BCUT2D eigenvalue weighted by Crippen LogP contribution is 2.24. The number of hydrogen-bond donors (Lipinski definition) is 3. The number of urea groups is 1. The summed E-state index contributed by atoms with van der Waals surface area (Å²) in [6, 6.07) is 11.4. The van der Waals surface area contributed by atoms with Gasteiger partial charge in [0.25, 0.3) is 0 Å². The van der Waals surface area contributed by atoms with Crippen LogP contribution in [0.3, 0.4) is 0 Å². The molecule has 2 aliphatic heterocycles. The second-order valence-corrected chi connectivity index (χ2v) is 7.46. The number of hydrogen-bond acceptors (Lipinski definition) is 3. The van der Waals surface area contributed by atoms with Gasteiger partial charge in [-0.2, -0.15) is 0 Å². The minimum Gasteiger partial charge on any atom is -0.337 e. The van der Waals surface area contributed by atoms with E-state index >= 15 is 0 Å². The van der Waals surface area contributed by atoms with E-state index in [0.717, 1.165) is 24.1 Å². The van der Waals surface area contributed by atoms with E-state index in [1.54, 1.807) is 11.0 Å². The summed E-state index contributed by atoms with van der Waals surface area (Å²) in [5, 5.41) is 8.62. The first kappa shape index (κ1) is 19.4. The highest BCUT2D eigenvalue weighted by atomic mass is 19.1. The van der Waals surface area contributed by atoms with Crippen LogP contribution in [0.5, 0.6) is 0 Å². The number of carbonyl (C=O) groups excluding carboxylic acids is 2. The van der Waals surface area contributed by atoms with E-state index in [1.165, 1.54) is 5.56 Å². The van der Waals surface area contributed by atoms with Crippen molar-refractivity contribution in [2.45, 2.75) is 32.4 Å². The monoisotopic (exact) mass is 396 g/mol. The minimum absolute atomic E-state index is 0.0915. The van der Waals surface area contributed by atoms with Crippen molar-refractivity contribution in [3.05, 3.63) is 64.5 Å². The van der Waals surface area contributed by atoms with Gasteiger partial charge in [0, 0.05) is 32.6 Å². The molecule has 0 aromatic heterocycles. The van der Waals surface area contributed by atoms with Crippen molar-refractivity contribution in [2.75, 3.05) is 25.0 Å². The van der Waals surface area contributed by atoms with Crippen LogP contribution in [0.15, 0.2) is 36.4 Å². The molecule has 0 bridgehead atoms. The van der Waals surface area contributed by atoms with Crippen LogP contribution in [0.1, 0.15) is 28.7 Å². The molecule has 0 radical (unpaired) electrons. The number of nitrogens with zero attached hydrogens (tertiary/aromatic N) is 1. The molecule has 0 spiro atoms. The van der Waals surface area contributed by atoms with E-state index in [1.807, 2.05) is 24.3 Å². The van der Waals surface area contributed by atoms with Gasteiger partial charge >= 0.3 is 6.03 Å². The van der Waals surface area contributed by atoms with Crippen molar-refractivity contribution >= 4 is 17.6 Å². The molecule has 6 nitrogen and oxygen atoms in total. The lowest BCUT2D eigenvalue weighted by Gasteiger charge is -2.28. The van der Waals surface area contributed by atoms with Crippen molar-refractivity contribution in [1.82, 2.24) is 15.5 Å². The molecule has 0 saturated heterocycles. The Bertz CT molecular complexity index is 931. The number of amides is 3. The number of anilines is 1. The van der Waals surface area contributed by atoms with Gasteiger partial charge in [-0.3, -0.25) is 4.79 Å². The molecule has 2 heterocycles. The van der Waals surface area contributed by atoms with Crippen molar-refractivity contribution < 1.29 is 14.0 Å². The number of fused-ring (bicyclic) bond motifs is 2. The van der Waals surface area contributed by atoms with Gasteiger partial charge in [-0.25, -0.2) is 9.18 Å². The molecular formula is C22H25FN4O2. The fourth-order valence-electron chi connectivity index (χ4n) is 3.91. The number of rotatable bonds is 4. The third-order valence-electron chi connectivity index (χ3n) is 5.53. The quantitative estimate of drug-likeness (QED) is 0.744. The lowest BCUT2D eigenvalue weighted by atomic mass is 9.99. The van der Waals surface area contributed by atoms with Gasteiger partial charge in [-0.1, -0.05) is 30.3 Å². The van der Waals surface area contributed by atoms with E-state index < -0.39 is 0 Å². The van der Waals surface area contributed by atoms with Crippen LogP contribution in [0.25, 0.3) is 0 Å². The summed E-state index contributed by atoms with van der Waals surface area (Å²) in [5.41, 5.74) is 4.24. The Kier molecular flexibility index (Phi) is 5.76. The summed E-state index contributed by atoms with van der Waals surface area (Å²) in [6.45, 7) is 2.81. The molecule has 2 aliphatic rings. The first-order valence-corrected chi connectivity index (χ1v) is 10.0. The SMILES string of the molecule is O=C(CCNC(=O)N1CCc2ccccc2C1)Nc1ccc2c(c1F)CCNC2. The highest BCUT2D eigenvalue weighted by Gasteiger charge is 2.21. The third kappa shape index (κ3) is 4.40. The van der Waals surface area contributed by atoms with Crippen LogP contribution in [0, 0.1) is 5.82 Å². The lowest BCUT2D eigenvalue weighted by Crippen LogP contribution is -2.43. The van der Waals surface area contributed by atoms with E-state index in [2.05, 4.69) is 22.0 Å². The highest BCUT2D eigenvalue weighted by molar-refractivity contribution is 5.91. The molecule has 0 atom stereocenters. The minimum atomic E-state index is -0.353. The van der Waals surface area contributed by atoms with E-state index in [-0.39, 0.29) is 36.4 Å². The largest absolute Gasteiger partial charge is 0.337 e. The third-order valence-corrected chi connectivity index (χ3v) is 5.53. The molecule has 3 N–H and O–H groups in total. The van der Waals surface area contributed by atoms with E-state index in [4.69, 9.17) is 0 Å². The molecule has 0 fully saturated rings. The molecule has 0 unspecified atom stereocenters. The molecule has 4 rings (SSSR count). The van der Waals surface area contributed by atoms with Gasteiger partial charge in [-0.05, 0) is 47.7 Å².